The lowest BCUT2D eigenvalue weighted by atomic mass is 10.1. The van der Waals surface area contributed by atoms with Crippen LogP contribution in [-0.4, -0.2) is 23.1 Å². The summed E-state index contributed by atoms with van der Waals surface area (Å²) in [5.74, 6) is 0. The van der Waals surface area contributed by atoms with E-state index in [1.54, 1.807) is 0 Å². The van der Waals surface area contributed by atoms with Crippen LogP contribution in [0, 0.1) is 0 Å². The van der Waals surface area contributed by atoms with Crippen LogP contribution in [0.15, 0.2) is 21.4 Å². The van der Waals surface area contributed by atoms with Crippen LogP contribution >= 0.6 is 20.7 Å². The van der Waals surface area contributed by atoms with E-state index in [1.165, 1.54) is 35.2 Å². The molecule has 2 heterocycles. The Balaban J connectivity index is 1.88. The third-order valence-corrected chi connectivity index (χ3v) is 5.15. The second kappa shape index (κ2) is 5.07. The number of halogens is 1. The second-order valence-corrected chi connectivity index (χ2v) is 6.22. The highest BCUT2D eigenvalue weighted by Gasteiger charge is 2.12. The summed E-state index contributed by atoms with van der Waals surface area (Å²) in [7, 11) is 0. The zero-order valence-corrected chi connectivity index (χ0v) is 10.7. The molecule has 2 rings (SSSR count). The molecule has 3 heteroatoms. The minimum absolute atomic E-state index is 0.118. The third kappa shape index (κ3) is 2.92. The van der Waals surface area contributed by atoms with Crippen LogP contribution in [0.4, 0.5) is 0 Å². The van der Waals surface area contributed by atoms with Gasteiger partial charge in [0.25, 0.3) is 0 Å². The van der Waals surface area contributed by atoms with E-state index in [1.807, 2.05) is 0 Å². The molecule has 0 amide bonds. The topological polar surface area (TPSA) is 24.1 Å². The number of hydrogen-bond donors (Lipinski definition) is 2. The number of hydrogen-bond acceptors (Lipinski definition) is 2. The number of allylic oxidation sites excluding steroid dienone is 3. The van der Waals surface area contributed by atoms with Crippen LogP contribution in [0.2, 0.25) is 0 Å². The van der Waals surface area contributed by atoms with Gasteiger partial charge in [0, 0.05) is 6.04 Å². The van der Waals surface area contributed by atoms with Crippen molar-refractivity contribution in [3.63, 3.8) is 0 Å². The fourth-order valence-electron chi connectivity index (χ4n) is 1.66. The molecule has 0 bridgehead atoms. The molecular weight excluding hydrogens is 287 g/mol. The summed E-state index contributed by atoms with van der Waals surface area (Å²) in [5.41, 5.74) is 1.42. The monoisotopic (exact) mass is 304 g/mol. The van der Waals surface area contributed by atoms with E-state index in [-0.39, 0.29) is 20.7 Å². The van der Waals surface area contributed by atoms with Crippen molar-refractivity contribution in [3.05, 3.63) is 21.4 Å². The fourth-order valence-corrected chi connectivity index (χ4v) is 3.70. The van der Waals surface area contributed by atoms with Crippen LogP contribution in [-0.2, 0) is 0 Å². The maximum Gasteiger partial charge on any atom is 0.0678 e. The first-order valence-electron chi connectivity index (χ1n) is 5.17. The summed E-state index contributed by atoms with van der Waals surface area (Å²) in [4.78, 5) is 0. The molecule has 0 spiro atoms. The Morgan fingerprint density at radius 2 is 2.14 bits per heavy atom. The molecule has 2 aliphatic heterocycles. The third-order valence-electron chi connectivity index (χ3n) is 2.52. The van der Waals surface area contributed by atoms with Crippen molar-refractivity contribution in [1.82, 2.24) is 10.6 Å². The Bertz CT molecular complexity index is 286. The summed E-state index contributed by atoms with van der Waals surface area (Å²) in [6.45, 7) is 4.52. The van der Waals surface area contributed by atoms with Gasteiger partial charge in [-0.05, 0) is 48.5 Å². The Hall–Kier alpha value is -0.160. The molecule has 2 nitrogen and oxygen atoms in total. The first-order chi connectivity index (χ1) is 6.84. The summed E-state index contributed by atoms with van der Waals surface area (Å²) in [6.07, 6.45) is 7.02. The predicted molar refractivity (Wildman–Crippen MR) is 71.0 cm³/mol. The van der Waals surface area contributed by atoms with Gasteiger partial charge in [-0.3, -0.25) is 0 Å². The Morgan fingerprint density at radius 3 is 2.79 bits per heavy atom. The molecule has 0 saturated carbocycles. The molecule has 0 atom stereocenters. The summed E-state index contributed by atoms with van der Waals surface area (Å²) < 4.78 is 3.88. The summed E-state index contributed by atoms with van der Waals surface area (Å²) >= 11 is 0.118. The first kappa shape index (κ1) is 10.4. The fraction of sp³-hybridized carbons (Fsp3) is 0.545. The lowest BCUT2D eigenvalue weighted by Crippen LogP contribution is -2.38. The predicted octanol–water partition coefficient (Wildman–Crippen LogP) is 1.90. The van der Waals surface area contributed by atoms with Crippen LogP contribution in [0.5, 0.6) is 0 Å². The lowest BCUT2D eigenvalue weighted by molar-refractivity contribution is 0.419. The number of nitrogens with one attached hydrogen (secondary N) is 2. The molecule has 0 radical (unpaired) electrons. The molecular formula is C11H17IN2. The van der Waals surface area contributed by atoms with E-state index in [9.17, 15) is 0 Å². The van der Waals surface area contributed by atoms with Crippen LogP contribution in [0.25, 0.3) is 0 Å². The molecule has 2 N–H and O–H groups in total. The average Bonchev–Trinajstić information content (AvgIpc) is 2.23. The normalized spacial score (nSPS) is 23.5. The zero-order chi connectivity index (χ0) is 9.80. The van der Waals surface area contributed by atoms with Gasteiger partial charge in [0.15, 0.2) is 0 Å². The van der Waals surface area contributed by atoms with Crippen LogP contribution in [0.3, 0.4) is 0 Å². The molecule has 1 saturated heterocycles. The van der Waals surface area contributed by atoms with Crippen molar-refractivity contribution < 1.29 is 0 Å². The smallest absolute Gasteiger partial charge is 0.0678 e. The van der Waals surface area contributed by atoms with Crippen molar-refractivity contribution >= 4 is 24.7 Å². The summed E-state index contributed by atoms with van der Waals surface area (Å²) in [5, 5.41) is 7.06. The molecule has 0 aromatic heterocycles. The van der Waals surface area contributed by atoms with E-state index >= 15 is 0 Å². The largest absolute Gasteiger partial charge is 0.378 e. The van der Waals surface area contributed by atoms with Gasteiger partial charge in [0.05, 0.1) is 3.70 Å². The molecule has 2 aliphatic rings. The van der Waals surface area contributed by atoms with Gasteiger partial charge in [0.1, 0.15) is 0 Å². The second-order valence-electron chi connectivity index (χ2n) is 3.81. The minimum Gasteiger partial charge on any atom is -0.378 e. The highest BCUT2D eigenvalue weighted by atomic mass is 127. The molecule has 14 heavy (non-hydrogen) atoms. The van der Waals surface area contributed by atoms with E-state index in [0.717, 1.165) is 0 Å². The van der Waals surface area contributed by atoms with Crippen molar-refractivity contribution in [2.45, 2.75) is 25.8 Å². The Labute approximate surface area is 95.6 Å². The minimum atomic E-state index is 0.118. The maximum absolute atomic E-state index is 3.67. The van der Waals surface area contributed by atoms with Crippen LogP contribution < -0.4 is 10.6 Å². The van der Waals surface area contributed by atoms with Gasteiger partial charge < -0.3 is 10.6 Å². The highest BCUT2D eigenvalue weighted by Crippen LogP contribution is 2.19. The molecule has 0 unspecified atom stereocenters. The van der Waals surface area contributed by atoms with Crippen molar-refractivity contribution in [3.8, 4) is 0 Å². The van der Waals surface area contributed by atoms with E-state index in [4.69, 9.17) is 0 Å². The van der Waals surface area contributed by atoms with E-state index in [2.05, 4.69) is 33.7 Å². The van der Waals surface area contributed by atoms with Gasteiger partial charge in [-0.2, -0.15) is 0 Å². The van der Waals surface area contributed by atoms with Crippen molar-refractivity contribution in [2.75, 3.05) is 13.1 Å². The quantitative estimate of drug-likeness (QED) is 0.601. The Kier molecular flexibility index (Phi) is 3.75. The maximum atomic E-state index is 3.67. The van der Waals surface area contributed by atoms with Gasteiger partial charge in [-0.1, -0.05) is 26.8 Å². The Morgan fingerprint density at radius 1 is 1.36 bits per heavy atom. The molecule has 1 fully saturated rings. The molecule has 0 aromatic carbocycles. The van der Waals surface area contributed by atoms with Crippen LogP contribution in [0.1, 0.15) is 19.8 Å². The standard InChI is InChI=1S/C11H17IN2/c1-9-2-3-11(12-8-9)14-10-4-6-13-7-5-10/h2-3,8,10,13-14H,4-7H2,1H3. The lowest BCUT2D eigenvalue weighted by Gasteiger charge is -2.25. The number of piperidine rings is 1. The van der Waals surface area contributed by atoms with Crippen molar-refractivity contribution in [1.29, 1.82) is 0 Å². The molecule has 0 aromatic rings. The first-order valence-corrected chi connectivity index (χ1v) is 7.49. The van der Waals surface area contributed by atoms with Crippen molar-refractivity contribution in [2.24, 2.45) is 0 Å². The van der Waals surface area contributed by atoms with Gasteiger partial charge in [-0.15, -0.1) is 0 Å². The van der Waals surface area contributed by atoms with Gasteiger partial charge in [0.2, 0.25) is 0 Å². The summed E-state index contributed by atoms with van der Waals surface area (Å²) in [6, 6.07) is 0.711. The van der Waals surface area contributed by atoms with E-state index < -0.39 is 0 Å². The number of rotatable bonds is 2. The molecule has 0 aliphatic carbocycles. The highest BCUT2D eigenvalue weighted by molar-refractivity contribution is 14.2. The van der Waals surface area contributed by atoms with E-state index in [0.29, 0.717) is 6.04 Å². The zero-order valence-electron chi connectivity index (χ0n) is 8.52. The molecule has 78 valence electrons. The van der Waals surface area contributed by atoms with Gasteiger partial charge in [-0.25, -0.2) is 0 Å². The SMILES string of the molecule is CC1=CC=C(NC2CCNCC2)I=C1. The van der Waals surface area contributed by atoms with Gasteiger partial charge >= 0.3 is 0 Å². The average molecular weight is 304 g/mol.